The van der Waals surface area contributed by atoms with Crippen LogP contribution in [0.2, 0.25) is 0 Å². The summed E-state index contributed by atoms with van der Waals surface area (Å²) in [5, 5.41) is 14.6. The maximum absolute atomic E-state index is 11.7. The number of carboxylic acid groups (broad SMARTS) is 1. The van der Waals surface area contributed by atoms with E-state index in [0.29, 0.717) is 32.1 Å². The molecule has 0 radical (unpaired) electrons. The summed E-state index contributed by atoms with van der Waals surface area (Å²) < 4.78 is 5.64. The molecule has 6 heteroatoms. The van der Waals surface area contributed by atoms with Crippen molar-refractivity contribution in [1.82, 2.24) is 10.6 Å². The van der Waals surface area contributed by atoms with E-state index in [2.05, 4.69) is 10.6 Å². The van der Waals surface area contributed by atoms with Crippen molar-refractivity contribution in [3.05, 3.63) is 0 Å². The summed E-state index contributed by atoms with van der Waals surface area (Å²) in [5.41, 5.74) is -0.877. The van der Waals surface area contributed by atoms with Crippen molar-refractivity contribution in [2.45, 2.75) is 58.5 Å². The van der Waals surface area contributed by atoms with Gasteiger partial charge in [0, 0.05) is 13.1 Å². The molecule has 2 amide bonds. The fourth-order valence-corrected chi connectivity index (χ4v) is 2.64. The Morgan fingerprint density at radius 1 is 1.19 bits per heavy atom. The third-order valence-electron chi connectivity index (χ3n) is 4.44. The second kappa shape index (κ2) is 8.87. The summed E-state index contributed by atoms with van der Waals surface area (Å²) in [6, 6.07) is -0.336. The monoisotopic (exact) mass is 300 g/mol. The number of nitrogens with one attached hydrogen (secondary N) is 2. The molecule has 0 aromatic rings. The minimum atomic E-state index is -0.877. The van der Waals surface area contributed by atoms with Crippen LogP contribution in [0.1, 0.15) is 52.4 Å². The van der Waals surface area contributed by atoms with E-state index in [1.54, 1.807) is 0 Å². The van der Waals surface area contributed by atoms with Crippen LogP contribution in [0.4, 0.5) is 4.79 Å². The number of hydrogen-bond acceptors (Lipinski definition) is 3. The van der Waals surface area contributed by atoms with Crippen molar-refractivity contribution in [3.8, 4) is 0 Å². The SMILES string of the molecule is CCC(CC)(CNC(=O)NCCOC1CCCC1)C(=O)O. The Labute approximate surface area is 126 Å². The lowest BCUT2D eigenvalue weighted by atomic mass is 9.82. The van der Waals surface area contributed by atoms with Gasteiger partial charge in [-0.15, -0.1) is 0 Å². The number of carbonyl (C=O) groups is 2. The fourth-order valence-electron chi connectivity index (χ4n) is 2.64. The molecular formula is C15H28N2O4. The van der Waals surface area contributed by atoms with E-state index in [-0.39, 0.29) is 12.6 Å². The number of carbonyl (C=O) groups excluding carboxylic acids is 1. The van der Waals surface area contributed by atoms with Crippen LogP contribution in [-0.2, 0) is 9.53 Å². The van der Waals surface area contributed by atoms with Gasteiger partial charge in [-0.3, -0.25) is 4.79 Å². The minimum absolute atomic E-state index is 0.144. The van der Waals surface area contributed by atoms with Crippen molar-refractivity contribution in [1.29, 1.82) is 0 Å². The molecule has 6 nitrogen and oxygen atoms in total. The van der Waals surface area contributed by atoms with E-state index in [1.165, 1.54) is 12.8 Å². The van der Waals surface area contributed by atoms with Crippen LogP contribution in [0.25, 0.3) is 0 Å². The number of aliphatic carboxylic acids is 1. The number of carboxylic acids is 1. The zero-order valence-electron chi connectivity index (χ0n) is 13.1. The normalized spacial score (nSPS) is 15.9. The first-order valence-corrected chi connectivity index (χ1v) is 7.90. The molecule has 0 unspecified atom stereocenters. The maximum Gasteiger partial charge on any atom is 0.314 e. The average Bonchev–Trinajstić information content (AvgIpc) is 2.98. The first-order chi connectivity index (χ1) is 10.0. The number of rotatable bonds is 9. The van der Waals surface area contributed by atoms with Gasteiger partial charge in [0.15, 0.2) is 0 Å². The highest BCUT2D eigenvalue weighted by Crippen LogP contribution is 2.25. The molecule has 0 heterocycles. The van der Waals surface area contributed by atoms with Gasteiger partial charge in [0.05, 0.1) is 18.1 Å². The molecule has 0 atom stereocenters. The van der Waals surface area contributed by atoms with E-state index in [9.17, 15) is 14.7 Å². The molecule has 1 aliphatic carbocycles. The van der Waals surface area contributed by atoms with Crippen molar-refractivity contribution in [2.24, 2.45) is 5.41 Å². The second-order valence-corrected chi connectivity index (χ2v) is 5.68. The number of hydrogen-bond donors (Lipinski definition) is 3. The van der Waals surface area contributed by atoms with Gasteiger partial charge < -0.3 is 20.5 Å². The van der Waals surface area contributed by atoms with Crippen LogP contribution in [0, 0.1) is 5.41 Å². The Bertz CT molecular complexity index is 337. The zero-order valence-corrected chi connectivity index (χ0v) is 13.1. The van der Waals surface area contributed by atoms with Crippen molar-refractivity contribution in [2.75, 3.05) is 19.7 Å². The molecule has 1 saturated carbocycles. The Morgan fingerprint density at radius 3 is 2.33 bits per heavy atom. The van der Waals surface area contributed by atoms with Crippen LogP contribution in [0.5, 0.6) is 0 Å². The van der Waals surface area contributed by atoms with Gasteiger partial charge in [-0.1, -0.05) is 26.7 Å². The third-order valence-corrected chi connectivity index (χ3v) is 4.44. The van der Waals surface area contributed by atoms with Crippen LogP contribution in [0.15, 0.2) is 0 Å². The summed E-state index contributed by atoms with van der Waals surface area (Å²) in [4.78, 5) is 23.0. The zero-order chi connectivity index (χ0) is 15.7. The highest BCUT2D eigenvalue weighted by molar-refractivity contribution is 5.78. The molecule has 0 saturated heterocycles. The molecule has 0 aromatic carbocycles. The minimum Gasteiger partial charge on any atom is -0.481 e. The average molecular weight is 300 g/mol. The van der Waals surface area contributed by atoms with Gasteiger partial charge in [0.25, 0.3) is 0 Å². The van der Waals surface area contributed by atoms with Gasteiger partial charge in [-0.05, 0) is 25.7 Å². The van der Waals surface area contributed by atoms with Gasteiger partial charge >= 0.3 is 12.0 Å². The van der Waals surface area contributed by atoms with Gasteiger partial charge in [-0.2, -0.15) is 0 Å². The Morgan fingerprint density at radius 2 is 1.81 bits per heavy atom. The van der Waals surface area contributed by atoms with Crippen molar-refractivity contribution < 1.29 is 19.4 Å². The van der Waals surface area contributed by atoms with Crippen LogP contribution in [0.3, 0.4) is 0 Å². The predicted octanol–water partition coefficient (Wildman–Crippen LogP) is 2.14. The van der Waals surface area contributed by atoms with Crippen LogP contribution in [-0.4, -0.2) is 42.9 Å². The molecule has 21 heavy (non-hydrogen) atoms. The highest BCUT2D eigenvalue weighted by Gasteiger charge is 2.35. The number of urea groups is 1. The lowest BCUT2D eigenvalue weighted by molar-refractivity contribution is -0.149. The topological polar surface area (TPSA) is 87.7 Å². The van der Waals surface area contributed by atoms with E-state index < -0.39 is 11.4 Å². The summed E-state index contributed by atoms with van der Waals surface area (Å²) in [6.07, 6.45) is 6.00. The Kier molecular flexibility index (Phi) is 7.50. The molecule has 3 N–H and O–H groups in total. The largest absolute Gasteiger partial charge is 0.481 e. The van der Waals surface area contributed by atoms with Crippen molar-refractivity contribution >= 4 is 12.0 Å². The van der Waals surface area contributed by atoms with Crippen molar-refractivity contribution in [3.63, 3.8) is 0 Å². The van der Waals surface area contributed by atoms with Gasteiger partial charge in [0.2, 0.25) is 0 Å². The fraction of sp³-hybridized carbons (Fsp3) is 0.867. The van der Waals surface area contributed by atoms with E-state index in [1.807, 2.05) is 13.8 Å². The first-order valence-electron chi connectivity index (χ1n) is 7.90. The molecule has 1 rings (SSSR count). The summed E-state index contributed by atoms with van der Waals surface area (Å²) in [6.45, 7) is 4.74. The lowest BCUT2D eigenvalue weighted by Crippen LogP contribution is -2.46. The molecule has 122 valence electrons. The maximum atomic E-state index is 11.7. The van der Waals surface area contributed by atoms with Crippen LogP contribution < -0.4 is 10.6 Å². The second-order valence-electron chi connectivity index (χ2n) is 5.68. The summed E-state index contributed by atoms with van der Waals surface area (Å²) in [7, 11) is 0. The third kappa shape index (κ3) is 5.53. The number of ether oxygens (including phenoxy) is 1. The smallest absolute Gasteiger partial charge is 0.314 e. The van der Waals surface area contributed by atoms with E-state index >= 15 is 0 Å². The molecule has 0 spiro atoms. The molecule has 1 aliphatic rings. The summed E-state index contributed by atoms with van der Waals surface area (Å²) >= 11 is 0. The Hall–Kier alpha value is -1.30. The molecule has 0 aliphatic heterocycles. The summed E-state index contributed by atoms with van der Waals surface area (Å²) in [5.74, 6) is -0.864. The quantitative estimate of drug-likeness (QED) is 0.569. The van der Waals surface area contributed by atoms with Gasteiger partial charge in [-0.25, -0.2) is 4.79 Å². The first kappa shape index (κ1) is 17.8. The molecular weight excluding hydrogens is 272 g/mol. The lowest BCUT2D eigenvalue weighted by Gasteiger charge is -2.26. The molecule has 1 fully saturated rings. The number of amides is 2. The standard InChI is InChI=1S/C15H28N2O4/c1-3-15(4-2,13(18)19)11-17-14(20)16-9-10-21-12-7-5-6-8-12/h12H,3-11H2,1-2H3,(H,18,19)(H2,16,17,20). The van der Waals surface area contributed by atoms with E-state index in [4.69, 9.17) is 4.74 Å². The van der Waals surface area contributed by atoms with Crippen LogP contribution >= 0.6 is 0 Å². The molecule has 0 aromatic heterocycles. The molecule has 0 bridgehead atoms. The highest BCUT2D eigenvalue weighted by atomic mass is 16.5. The van der Waals surface area contributed by atoms with Gasteiger partial charge in [0.1, 0.15) is 0 Å². The van der Waals surface area contributed by atoms with E-state index in [0.717, 1.165) is 12.8 Å². The predicted molar refractivity (Wildman–Crippen MR) is 80.3 cm³/mol. The Balaban J connectivity index is 2.18.